The van der Waals surface area contributed by atoms with Crippen molar-refractivity contribution in [3.63, 3.8) is 0 Å². The molecule has 0 radical (unpaired) electrons. The molecular formula is C22H16ClN5O5S. The van der Waals surface area contributed by atoms with Gasteiger partial charge in [-0.2, -0.15) is 0 Å². The highest BCUT2D eigenvalue weighted by atomic mass is 35.5. The van der Waals surface area contributed by atoms with Crippen LogP contribution in [0.5, 0.6) is 0 Å². The fraction of sp³-hybridized carbons (Fsp3) is 0.136. The highest BCUT2D eigenvalue weighted by Gasteiger charge is 2.20. The number of hydrogen-bond acceptors (Lipinski definition) is 8. The third-order valence-electron chi connectivity index (χ3n) is 5.11. The maximum atomic E-state index is 12.9. The molecule has 34 heavy (non-hydrogen) atoms. The average Bonchev–Trinajstić information content (AvgIpc) is 2.84. The molecule has 0 saturated heterocycles. The highest BCUT2D eigenvalue weighted by Crippen LogP contribution is 2.27. The van der Waals surface area contributed by atoms with E-state index in [2.05, 4.69) is 9.97 Å². The molecule has 0 fully saturated rings. The molecule has 0 N–H and O–H groups in total. The van der Waals surface area contributed by atoms with Gasteiger partial charge in [0.25, 0.3) is 11.2 Å². The number of nitrogens with zero attached hydrogens (tertiary/aromatic N) is 5. The molecule has 172 valence electrons. The summed E-state index contributed by atoms with van der Waals surface area (Å²) in [5, 5.41) is 11.8. The van der Waals surface area contributed by atoms with E-state index < -0.39 is 16.2 Å². The standard InChI is InChI=1S/C22H16ClN5O5S/c1-26-19-17(21(30)27(2)22(26)31)20(34-11-16(29)12-3-7-14(23)8-4-12)25-18(24-19)13-5-9-15(10-6-13)28(32)33/h3-10H,11H2,1-2H3. The van der Waals surface area contributed by atoms with Crippen LogP contribution in [0, 0.1) is 10.1 Å². The van der Waals surface area contributed by atoms with Crippen LogP contribution in [-0.2, 0) is 14.1 Å². The van der Waals surface area contributed by atoms with Crippen molar-refractivity contribution in [2.45, 2.75) is 5.03 Å². The number of nitro groups is 1. The van der Waals surface area contributed by atoms with E-state index in [4.69, 9.17) is 11.6 Å². The number of carbonyl (C=O) groups is 1. The smallest absolute Gasteiger partial charge is 0.293 e. The Bertz CT molecular complexity index is 1560. The van der Waals surface area contributed by atoms with Crippen molar-refractivity contribution in [1.82, 2.24) is 19.1 Å². The number of nitro benzene ring substituents is 1. The predicted molar refractivity (Wildman–Crippen MR) is 129 cm³/mol. The van der Waals surface area contributed by atoms with Gasteiger partial charge in [0.05, 0.1) is 10.7 Å². The van der Waals surface area contributed by atoms with E-state index in [1.165, 1.54) is 42.9 Å². The molecule has 4 rings (SSSR count). The van der Waals surface area contributed by atoms with Gasteiger partial charge in [0.15, 0.2) is 17.3 Å². The SMILES string of the molecule is Cn1c(=O)c2c(SCC(=O)c3ccc(Cl)cc3)nc(-c3ccc([N+](=O)[O-])cc3)nc2n(C)c1=O. The van der Waals surface area contributed by atoms with E-state index in [1.54, 1.807) is 24.3 Å². The minimum absolute atomic E-state index is 0.0283. The van der Waals surface area contributed by atoms with Gasteiger partial charge in [-0.25, -0.2) is 14.8 Å². The molecule has 4 aromatic rings. The minimum Gasteiger partial charge on any atom is -0.293 e. The van der Waals surface area contributed by atoms with Crippen molar-refractivity contribution in [2.24, 2.45) is 14.1 Å². The first-order chi connectivity index (χ1) is 16.2. The molecule has 2 aromatic carbocycles. The van der Waals surface area contributed by atoms with Crippen molar-refractivity contribution in [3.8, 4) is 11.4 Å². The fourth-order valence-corrected chi connectivity index (χ4v) is 4.28. The summed E-state index contributed by atoms with van der Waals surface area (Å²) in [4.78, 5) is 57.4. The Kier molecular flexibility index (Phi) is 6.31. The third kappa shape index (κ3) is 4.35. The number of ketones is 1. The third-order valence-corrected chi connectivity index (χ3v) is 6.34. The number of carbonyl (C=O) groups excluding carboxylic acids is 1. The van der Waals surface area contributed by atoms with Crippen LogP contribution in [0.4, 0.5) is 5.69 Å². The van der Waals surface area contributed by atoms with Crippen LogP contribution in [0.1, 0.15) is 10.4 Å². The second kappa shape index (κ2) is 9.20. The summed E-state index contributed by atoms with van der Waals surface area (Å²) in [7, 11) is 2.83. The van der Waals surface area contributed by atoms with Crippen molar-refractivity contribution in [1.29, 1.82) is 0 Å². The number of rotatable bonds is 6. The van der Waals surface area contributed by atoms with E-state index in [1.807, 2.05) is 0 Å². The number of hydrogen-bond donors (Lipinski definition) is 0. The zero-order valence-electron chi connectivity index (χ0n) is 17.9. The Morgan fingerprint density at radius 3 is 2.29 bits per heavy atom. The van der Waals surface area contributed by atoms with Gasteiger partial charge in [-0.3, -0.25) is 28.8 Å². The number of non-ortho nitro benzene ring substituents is 1. The van der Waals surface area contributed by atoms with Crippen molar-refractivity contribution in [3.05, 3.63) is 90.1 Å². The molecule has 0 bridgehead atoms. The largest absolute Gasteiger partial charge is 0.332 e. The van der Waals surface area contributed by atoms with Crippen molar-refractivity contribution in [2.75, 3.05) is 5.75 Å². The second-order valence-corrected chi connectivity index (χ2v) is 8.68. The van der Waals surface area contributed by atoms with E-state index >= 15 is 0 Å². The Morgan fingerprint density at radius 1 is 1.03 bits per heavy atom. The number of halogens is 1. The summed E-state index contributed by atoms with van der Waals surface area (Å²) < 4.78 is 2.17. The number of aryl methyl sites for hydroxylation is 1. The molecule has 2 heterocycles. The average molecular weight is 498 g/mol. The number of Topliss-reactive ketones (excluding diaryl/α,β-unsaturated/α-hetero) is 1. The first-order valence-corrected chi connectivity index (χ1v) is 11.2. The lowest BCUT2D eigenvalue weighted by Gasteiger charge is -2.12. The maximum Gasteiger partial charge on any atom is 0.332 e. The van der Waals surface area contributed by atoms with Gasteiger partial charge in [0.1, 0.15) is 10.4 Å². The molecular weight excluding hydrogens is 482 g/mol. The molecule has 2 aromatic heterocycles. The van der Waals surface area contributed by atoms with Crippen LogP contribution < -0.4 is 11.2 Å². The Labute approximate surface area is 201 Å². The number of fused-ring (bicyclic) bond motifs is 1. The Hall–Kier alpha value is -3.83. The van der Waals surface area contributed by atoms with Crippen molar-refractivity contribution < 1.29 is 9.72 Å². The summed E-state index contributed by atoms with van der Waals surface area (Å²) in [6.45, 7) is 0. The van der Waals surface area contributed by atoms with Gasteiger partial charge >= 0.3 is 5.69 Å². The van der Waals surface area contributed by atoms with Gasteiger partial charge in [0, 0.05) is 42.4 Å². The van der Waals surface area contributed by atoms with Gasteiger partial charge in [0.2, 0.25) is 0 Å². The summed E-state index contributed by atoms with van der Waals surface area (Å²) in [5.41, 5.74) is -0.265. The van der Waals surface area contributed by atoms with Crippen LogP contribution in [0.15, 0.2) is 63.1 Å². The molecule has 12 heteroatoms. The van der Waals surface area contributed by atoms with Gasteiger partial charge < -0.3 is 0 Å². The predicted octanol–water partition coefficient (Wildman–Crippen LogP) is 3.23. The maximum absolute atomic E-state index is 12.9. The fourth-order valence-electron chi connectivity index (χ4n) is 3.25. The lowest BCUT2D eigenvalue weighted by Crippen LogP contribution is -2.37. The number of aromatic nitrogens is 4. The molecule has 0 aliphatic heterocycles. The molecule has 0 atom stereocenters. The van der Waals surface area contributed by atoms with E-state index in [0.717, 1.165) is 16.3 Å². The van der Waals surface area contributed by atoms with Crippen LogP contribution in [0.3, 0.4) is 0 Å². The molecule has 0 saturated carbocycles. The normalized spacial score (nSPS) is 11.0. The number of benzene rings is 2. The van der Waals surface area contributed by atoms with Gasteiger partial charge in [-0.1, -0.05) is 23.4 Å². The molecule has 10 nitrogen and oxygen atoms in total. The zero-order chi connectivity index (χ0) is 24.6. The van der Waals surface area contributed by atoms with Crippen LogP contribution in [-0.4, -0.2) is 35.6 Å². The first-order valence-electron chi connectivity index (χ1n) is 9.81. The van der Waals surface area contributed by atoms with Crippen LogP contribution >= 0.6 is 23.4 Å². The molecule has 0 unspecified atom stereocenters. The molecule has 0 aliphatic rings. The first kappa shape index (κ1) is 23.3. The zero-order valence-corrected chi connectivity index (χ0v) is 19.5. The number of thioether (sulfide) groups is 1. The van der Waals surface area contributed by atoms with Gasteiger partial charge in [-0.05, 0) is 36.4 Å². The Balaban J connectivity index is 1.83. The van der Waals surface area contributed by atoms with E-state index in [9.17, 15) is 24.5 Å². The minimum atomic E-state index is -0.588. The Morgan fingerprint density at radius 2 is 1.68 bits per heavy atom. The monoisotopic (exact) mass is 497 g/mol. The quantitative estimate of drug-likeness (QED) is 0.130. The lowest BCUT2D eigenvalue weighted by atomic mass is 10.1. The molecule has 0 aliphatic carbocycles. The second-order valence-electron chi connectivity index (χ2n) is 7.28. The lowest BCUT2D eigenvalue weighted by molar-refractivity contribution is -0.384. The van der Waals surface area contributed by atoms with Crippen molar-refractivity contribution >= 4 is 45.9 Å². The summed E-state index contributed by atoms with van der Waals surface area (Å²) in [6, 6.07) is 12.0. The molecule has 0 amide bonds. The molecule has 0 spiro atoms. The van der Waals surface area contributed by atoms with Crippen LogP contribution in [0.2, 0.25) is 5.02 Å². The summed E-state index contributed by atoms with van der Waals surface area (Å²) >= 11 is 6.92. The summed E-state index contributed by atoms with van der Waals surface area (Å²) in [5.74, 6) is -0.0709. The summed E-state index contributed by atoms with van der Waals surface area (Å²) in [6.07, 6.45) is 0. The topological polar surface area (TPSA) is 130 Å². The highest BCUT2D eigenvalue weighted by molar-refractivity contribution is 8.00. The van der Waals surface area contributed by atoms with Crippen LogP contribution in [0.25, 0.3) is 22.4 Å². The van der Waals surface area contributed by atoms with E-state index in [-0.39, 0.29) is 39.1 Å². The van der Waals surface area contributed by atoms with Gasteiger partial charge in [-0.15, -0.1) is 0 Å². The van der Waals surface area contributed by atoms with E-state index in [0.29, 0.717) is 16.1 Å².